The van der Waals surface area contributed by atoms with Crippen molar-refractivity contribution >= 4 is 0 Å². The van der Waals surface area contributed by atoms with Gasteiger partial charge in [0.1, 0.15) is 0 Å². The van der Waals surface area contributed by atoms with E-state index >= 15 is 0 Å². The number of hydrogen-bond acceptors (Lipinski definition) is 2. The Morgan fingerprint density at radius 1 is 1.33 bits per heavy atom. The summed E-state index contributed by atoms with van der Waals surface area (Å²) < 4.78 is 0. The Balaban J connectivity index is 2.52. The van der Waals surface area contributed by atoms with Crippen LogP contribution < -0.4 is 0 Å². The molecule has 15 heavy (non-hydrogen) atoms. The number of nitrogens with zero attached hydrogens (tertiary/aromatic N) is 1. The smallest absolute Gasteiger partial charge is 0.0723 e. The van der Waals surface area contributed by atoms with Gasteiger partial charge in [-0.25, -0.2) is 0 Å². The molecule has 0 aromatic heterocycles. The van der Waals surface area contributed by atoms with Crippen molar-refractivity contribution in [3.63, 3.8) is 0 Å². The van der Waals surface area contributed by atoms with Crippen LogP contribution in [0.1, 0.15) is 52.4 Å². The predicted octanol–water partition coefficient (Wildman–Crippen LogP) is 2.66. The van der Waals surface area contributed by atoms with Gasteiger partial charge in [-0.2, -0.15) is 0 Å². The number of aliphatic hydroxyl groups excluding tert-OH is 1. The monoisotopic (exact) mass is 213 g/mol. The average Bonchev–Trinajstić information content (AvgIpc) is 2.68. The molecule has 0 saturated heterocycles. The summed E-state index contributed by atoms with van der Waals surface area (Å²) >= 11 is 0. The SMILES string of the molecule is CCC(C)(C(O)CC1CCCC1)N(C)C. The summed E-state index contributed by atoms with van der Waals surface area (Å²) in [5, 5.41) is 10.4. The summed E-state index contributed by atoms with van der Waals surface area (Å²) in [7, 11) is 4.14. The van der Waals surface area contributed by atoms with Gasteiger partial charge in [0, 0.05) is 5.54 Å². The predicted molar refractivity (Wildman–Crippen MR) is 65.0 cm³/mol. The fraction of sp³-hybridized carbons (Fsp3) is 1.00. The number of likely N-dealkylation sites (N-methyl/N-ethyl adjacent to an activating group) is 1. The molecule has 0 spiro atoms. The number of rotatable bonds is 5. The molecule has 1 N–H and O–H groups in total. The Morgan fingerprint density at radius 3 is 2.27 bits per heavy atom. The molecule has 1 rings (SSSR count). The second kappa shape index (κ2) is 5.31. The highest BCUT2D eigenvalue weighted by Gasteiger charge is 2.35. The quantitative estimate of drug-likeness (QED) is 0.759. The summed E-state index contributed by atoms with van der Waals surface area (Å²) in [4.78, 5) is 2.17. The van der Waals surface area contributed by atoms with E-state index in [0.717, 1.165) is 18.8 Å². The van der Waals surface area contributed by atoms with E-state index in [9.17, 15) is 5.11 Å². The Morgan fingerprint density at radius 2 is 1.87 bits per heavy atom. The lowest BCUT2D eigenvalue weighted by Crippen LogP contribution is -2.51. The van der Waals surface area contributed by atoms with E-state index in [0.29, 0.717) is 0 Å². The van der Waals surface area contributed by atoms with Crippen molar-refractivity contribution in [2.24, 2.45) is 5.92 Å². The van der Waals surface area contributed by atoms with Gasteiger partial charge in [-0.1, -0.05) is 32.6 Å². The summed E-state index contributed by atoms with van der Waals surface area (Å²) in [5.41, 5.74) is -0.0530. The molecular weight excluding hydrogens is 186 g/mol. The first-order valence-electron chi connectivity index (χ1n) is 6.36. The van der Waals surface area contributed by atoms with Gasteiger partial charge in [0.2, 0.25) is 0 Å². The van der Waals surface area contributed by atoms with Crippen molar-refractivity contribution in [1.29, 1.82) is 0 Å². The minimum absolute atomic E-state index is 0.0530. The van der Waals surface area contributed by atoms with Gasteiger partial charge in [0.25, 0.3) is 0 Å². The van der Waals surface area contributed by atoms with Gasteiger partial charge in [-0.05, 0) is 39.8 Å². The maximum absolute atomic E-state index is 10.4. The van der Waals surface area contributed by atoms with Gasteiger partial charge >= 0.3 is 0 Å². The van der Waals surface area contributed by atoms with E-state index in [2.05, 4.69) is 32.8 Å². The third kappa shape index (κ3) is 2.94. The Hall–Kier alpha value is -0.0800. The first-order chi connectivity index (χ1) is 7.00. The van der Waals surface area contributed by atoms with Crippen LogP contribution in [-0.4, -0.2) is 35.7 Å². The zero-order valence-electron chi connectivity index (χ0n) is 10.8. The van der Waals surface area contributed by atoms with E-state index in [4.69, 9.17) is 0 Å². The average molecular weight is 213 g/mol. The van der Waals surface area contributed by atoms with Crippen LogP contribution in [0.2, 0.25) is 0 Å². The fourth-order valence-corrected chi connectivity index (χ4v) is 2.67. The van der Waals surface area contributed by atoms with Gasteiger partial charge < -0.3 is 10.0 Å². The molecule has 0 heterocycles. The largest absolute Gasteiger partial charge is 0.391 e. The Labute approximate surface area is 94.7 Å². The fourth-order valence-electron chi connectivity index (χ4n) is 2.67. The van der Waals surface area contributed by atoms with Crippen LogP contribution in [0, 0.1) is 5.92 Å². The molecule has 2 atom stereocenters. The van der Waals surface area contributed by atoms with Crippen molar-refractivity contribution in [2.45, 2.75) is 64.0 Å². The van der Waals surface area contributed by atoms with E-state index < -0.39 is 0 Å². The van der Waals surface area contributed by atoms with Gasteiger partial charge in [0.15, 0.2) is 0 Å². The minimum Gasteiger partial charge on any atom is -0.391 e. The normalized spacial score (nSPS) is 24.4. The topological polar surface area (TPSA) is 23.5 Å². The zero-order valence-corrected chi connectivity index (χ0v) is 10.8. The van der Waals surface area contributed by atoms with E-state index in [-0.39, 0.29) is 11.6 Å². The third-order valence-electron chi connectivity index (χ3n) is 4.49. The van der Waals surface area contributed by atoms with Crippen LogP contribution >= 0.6 is 0 Å². The summed E-state index contributed by atoms with van der Waals surface area (Å²) in [6, 6.07) is 0. The summed E-state index contributed by atoms with van der Waals surface area (Å²) in [6.07, 6.45) is 7.19. The number of aliphatic hydroxyl groups is 1. The third-order valence-corrected chi connectivity index (χ3v) is 4.49. The molecule has 0 aromatic rings. The summed E-state index contributed by atoms with van der Waals surface area (Å²) in [6.45, 7) is 4.34. The molecule has 0 radical (unpaired) electrons. The maximum atomic E-state index is 10.4. The highest BCUT2D eigenvalue weighted by atomic mass is 16.3. The van der Waals surface area contributed by atoms with E-state index in [1.165, 1.54) is 25.7 Å². The van der Waals surface area contributed by atoms with Crippen molar-refractivity contribution in [1.82, 2.24) is 4.90 Å². The van der Waals surface area contributed by atoms with Crippen molar-refractivity contribution in [3.05, 3.63) is 0 Å². The lowest BCUT2D eigenvalue weighted by Gasteiger charge is -2.40. The highest BCUT2D eigenvalue weighted by Crippen LogP contribution is 2.33. The second-order valence-corrected chi connectivity index (χ2v) is 5.51. The standard InChI is InChI=1S/C13H27NO/c1-5-13(2,14(3)4)12(15)10-11-8-6-7-9-11/h11-12,15H,5-10H2,1-4H3. The zero-order chi connectivity index (χ0) is 11.5. The molecule has 0 amide bonds. The van der Waals surface area contributed by atoms with Crippen LogP contribution in [-0.2, 0) is 0 Å². The molecule has 0 aromatic carbocycles. The first-order valence-corrected chi connectivity index (χ1v) is 6.36. The maximum Gasteiger partial charge on any atom is 0.0723 e. The van der Waals surface area contributed by atoms with Crippen molar-refractivity contribution in [2.75, 3.05) is 14.1 Å². The molecule has 1 fully saturated rings. The van der Waals surface area contributed by atoms with Crippen LogP contribution in [0.5, 0.6) is 0 Å². The Bertz CT molecular complexity index is 187. The summed E-state index contributed by atoms with van der Waals surface area (Å²) in [5.74, 6) is 0.769. The molecule has 1 aliphatic rings. The molecule has 1 saturated carbocycles. The van der Waals surface area contributed by atoms with Crippen LogP contribution in [0.4, 0.5) is 0 Å². The van der Waals surface area contributed by atoms with Crippen LogP contribution in [0.15, 0.2) is 0 Å². The second-order valence-electron chi connectivity index (χ2n) is 5.51. The first kappa shape index (κ1) is 13.0. The van der Waals surface area contributed by atoms with E-state index in [1.807, 2.05) is 0 Å². The van der Waals surface area contributed by atoms with Crippen molar-refractivity contribution in [3.8, 4) is 0 Å². The van der Waals surface area contributed by atoms with Gasteiger partial charge in [0.05, 0.1) is 6.10 Å². The molecule has 2 heteroatoms. The highest BCUT2D eigenvalue weighted by molar-refractivity contribution is 4.90. The van der Waals surface area contributed by atoms with Crippen LogP contribution in [0.3, 0.4) is 0 Å². The molecule has 0 bridgehead atoms. The molecule has 90 valence electrons. The van der Waals surface area contributed by atoms with Gasteiger partial charge in [-0.3, -0.25) is 0 Å². The minimum atomic E-state index is -0.180. The Kier molecular flexibility index (Phi) is 4.60. The molecule has 2 nitrogen and oxygen atoms in total. The van der Waals surface area contributed by atoms with Crippen molar-refractivity contribution < 1.29 is 5.11 Å². The van der Waals surface area contributed by atoms with Crippen LogP contribution in [0.25, 0.3) is 0 Å². The number of hydrogen-bond donors (Lipinski definition) is 1. The molecular formula is C13H27NO. The lowest BCUT2D eigenvalue weighted by atomic mass is 9.84. The van der Waals surface area contributed by atoms with E-state index in [1.54, 1.807) is 0 Å². The lowest BCUT2D eigenvalue weighted by molar-refractivity contribution is -0.0113. The molecule has 2 unspecified atom stereocenters. The van der Waals surface area contributed by atoms with Gasteiger partial charge in [-0.15, -0.1) is 0 Å². The molecule has 0 aliphatic heterocycles. The molecule has 1 aliphatic carbocycles.